The first-order valence-corrected chi connectivity index (χ1v) is 13.9. The summed E-state index contributed by atoms with van der Waals surface area (Å²) in [7, 11) is 0. The number of hydrogen-bond donors (Lipinski definition) is 2. The Morgan fingerprint density at radius 2 is 1.68 bits per heavy atom. The van der Waals surface area contributed by atoms with Crippen LogP contribution in [0.15, 0.2) is 23.3 Å². The van der Waals surface area contributed by atoms with Gasteiger partial charge in [0.15, 0.2) is 11.6 Å². The average molecular weight is 507 g/mol. The van der Waals surface area contributed by atoms with Gasteiger partial charge in [0.2, 0.25) is 5.91 Å². The molecule has 6 heteroatoms. The van der Waals surface area contributed by atoms with E-state index in [1.165, 1.54) is 0 Å². The highest BCUT2D eigenvalue weighted by Gasteiger charge is 2.70. The lowest BCUT2D eigenvalue weighted by Gasteiger charge is -2.68. The molecule has 0 bridgehead atoms. The number of nitriles is 1. The van der Waals surface area contributed by atoms with E-state index in [4.69, 9.17) is 0 Å². The first-order chi connectivity index (χ1) is 17.0. The minimum absolute atomic E-state index is 0.00772. The van der Waals surface area contributed by atoms with E-state index in [2.05, 4.69) is 40.7 Å². The monoisotopic (exact) mass is 506 g/mol. The Morgan fingerprint density at radius 1 is 1.03 bits per heavy atom. The largest absolute Gasteiger partial charge is 0.295 e. The van der Waals surface area contributed by atoms with Crippen LogP contribution in [0.5, 0.6) is 0 Å². The maximum absolute atomic E-state index is 14.3. The van der Waals surface area contributed by atoms with Gasteiger partial charge in [0.1, 0.15) is 6.07 Å². The first-order valence-electron chi connectivity index (χ1n) is 13.9. The number of rotatable bonds is 1. The second-order valence-electron chi connectivity index (χ2n) is 14.9. The number of Topliss-reactive ketones (excluding diaryl/α,β-unsaturated/α-hetero) is 1. The number of nitrogens with zero attached hydrogens (tertiary/aromatic N) is 1. The third-order valence-corrected chi connectivity index (χ3v) is 12.4. The quantitative estimate of drug-likeness (QED) is 0.350. The summed E-state index contributed by atoms with van der Waals surface area (Å²) in [5, 5.41) is 19.6. The minimum atomic E-state index is -0.736. The number of carbonyl (C=O) groups is 3. The van der Waals surface area contributed by atoms with Gasteiger partial charge < -0.3 is 0 Å². The summed E-state index contributed by atoms with van der Waals surface area (Å²) in [5.41, 5.74) is 0.565. The van der Waals surface area contributed by atoms with E-state index in [0.717, 1.165) is 37.7 Å². The van der Waals surface area contributed by atoms with Gasteiger partial charge in [-0.25, -0.2) is 5.48 Å². The van der Waals surface area contributed by atoms with Crippen molar-refractivity contribution >= 4 is 17.5 Å². The summed E-state index contributed by atoms with van der Waals surface area (Å²) in [6.45, 7) is 15.0. The third kappa shape index (κ3) is 3.10. The Morgan fingerprint density at radius 3 is 2.30 bits per heavy atom. The SMILES string of the molecule is CC1(C)CCC2(C(=O)NO)CCC3(C)C(C(=O)C=C4C5(C)C=C(C#N)C(=O)C(C)(C)C5CCC43C)C2C1. The standard InChI is InChI=1S/C31H42N2O4/c1-26(2)10-12-31(25(36)33-37)13-11-30(7)23(19(31)16-26)20(34)14-22-28(5)15-18(17-32)24(35)27(3,4)21(28)8-9-29(22,30)6/h14-15,19,21,23,37H,8-13,16H2,1-7H3,(H,33,36). The molecule has 7 unspecified atom stereocenters. The molecular weight excluding hydrogens is 464 g/mol. The molecule has 37 heavy (non-hydrogen) atoms. The van der Waals surface area contributed by atoms with Gasteiger partial charge in [0.25, 0.3) is 0 Å². The number of amides is 1. The number of carbonyl (C=O) groups excluding carboxylic acids is 3. The van der Waals surface area contributed by atoms with E-state index in [0.29, 0.717) is 12.8 Å². The van der Waals surface area contributed by atoms with Crippen molar-refractivity contribution in [2.45, 2.75) is 93.4 Å². The van der Waals surface area contributed by atoms with Crippen LogP contribution in [0.4, 0.5) is 0 Å². The lowest BCUT2D eigenvalue weighted by molar-refractivity contribution is -0.182. The molecule has 0 aromatic heterocycles. The zero-order valence-electron chi connectivity index (χ0n) is 23.5. The molecule has 0 saturated heterocycles. The number of allylic oxidation sites excluding steroid dienone is 4. The molecule has 5 aliphatic carbocycles. The van der Waals surface area contributed by atoms with E-state index in [1.54, 1.807) is 0 Å². The number of hydroxylamine groups is 1. The Kier molecular flexibility index (Phi) is 5.45. The highest BCUT2D eigenvalue weighted by Crippen LogP contribution is 2.74. The molecule has 0 spiro atoms. The van der Waals surface area contributed by atoms with Crippen LogP contribution in [-0.2, 0) is 14.4 Å². The van der Waals surface area contributed by atoms with Gasteiger partial charge in [-0.15, -0.1) is 0 Å². The predicted molar refractivity (Wildman–Crippen MR) is 139 cm³/mol. The summed E-state index contributed by atoms with van der Waals surface area (Å²) in [6.07, 6.45) is 9.12. The van der Waals surface area contributed by atoms with Crippen LogP contribution in [-0.4, -0.2) is 22.7 Å². The molecule has 0 aliphatic heterocycles. The van der Waals surface area contributed by atoms with Crippen molar-refractivity contribution in [1.82, 2.24) is 5.48 Å². The van der Waals surface area contributed by atoms with Crippen LogP contribution in [0.3, 0.4) is 0 Å². The lowest BCUT2D eigenvalue weighted by Crippen LogP contribution is -2.66. The van der Waals surface area contributed by atoms with E-state index >= 15 is 0 Å². The summed E-state index contributed by atoms with van der Waals surface area (Å²) >= 11 is 0. The Hall–Kier alpha value is -2.26. The molecule has 2 N–H and O–H groups in total. The fourth-order valence-electron chi connectivity index (χ4n) is 10.1. The van der Waals surface area contributed by atoms with E-state index in [1.807, 2.05) is 31.5 Å². The fraction of sp³-hybridized carbons (Fsp3) is 0.742. The van der Waals surface area contributed by atoms with Crippen molar-refractivity contribution in [3.63, 3.8) is 0 Å². The van der Waals surface area contributed by atoms with Crippen LogP contribution < -0.4 is 5.48 Å². The van der Waals surface area contributed by atoms with E-state index in [-0.39, 0.29) is 57.0 Å². The van der Waals surface area contributed by atoms with Gasteiger partial charge in [0, 0.05) is 16.7 Å². The molecular formula is C31H42N2O4. The highest BCUT2D eigenvalue weighted by atomic mass is 16.5. The van der Waals surface area contributed by atoms with E-state index < -0.39 is 16.2 Å². The maximum Gasteiger partial charge on any atom is 0.249 e. The van der Waals surface area contributed by atoms with Gasteiger partial charge in [-0.05, 0) is 79.1 Å². The molecule has 6 nitrogen and oxygen atoms in total. The second kappa shape index (κ2) is 7.65. The highest BCUT2D eigenvalue weighted by molar-refractivity contribution is 6.04. The second-order valence-corrected chi connectivity index (χ2v) is 14.9. The Labute approximate surface area is 220 Å². The third-order valence-electron chi connectivity index (χ3n) is 12.4. The summed E-state index contributed by atoms with van der Waals surface area (Å²) in [4.78, 5) is 40.7. The van der Waals surface area contributed by atoms with Crippen LogP contribution in [0.25, 0.3) is 0 Å². The van der Waals surface area contributed by atoms with Crippen molar-refractivity contribution < 1.29 is 19.6 Å². The number of hydrogen-bond acceptors (Lipinski definition) is 5. The molecule has 200 valence electrons. The van der Waals surface area contributed by atoms with Crippen molar-refractivity contribution in [3.8, 4) is 6.07 Å². The molecule has 3 saturated carbocycles. The van der Waals surface area contributed by atoms with Gasteiger partial charge in [-0.1, -0.05) is 60.1 Å². The maximum atomic E-state index is 14.3. The van der Waals surface area contributed by atoms with Gasteiger partial charge in [0.05, 0.1) is 11.0 Å². The minimum Gasteiger partial charge on any atom is -0.295 e. The Bertz CT molecular complexity index is 1200. The molecule has 0 aromatic rings. The average Bonchev–Trinajstić information content (AvgIpc) is 2.82. The molecule has 1 amide bonds. The van der Waals surface area contributed by atoms with E-state index in [9.17, 15) is 24.9 Å². The zero-order valence-corrected chi connectivity index (χ0v) is 23.5. The van der Waals surface area contributed by atoms with Crippen molar-refractivity contribution in [1.29, 1.82) is 5.26 Å². The van der Waals surface area contributed by atoms with Gasteiger partial charge in [-0.2, -0.15) is 5.26 Å². The van der Waals surface area contributed by atoms with Gasteiger partial charge in [-0.3, -0.25) is 19.6 Å². The molecule has 5 aliphatic rings. The molecule has 7 atom stereocenters. The zero-order chi connectivity index (χ0) is 27.4. The van der Waals surface area contributed by atoms with Crippen LogP contribution in [0.2, 0.25) is 0 Å². The van der Waals surface area contributed by atoms with Crippen LogP contribution >= 0.6 is 0 Å². The summed E-state index contributed by atoms with van der Waals surface area (Å²) in [5.74, 6) is -0.833. The van der Waals surface area contributed by atoms with Crippen molar-refractivity contribution in [2.75, 3.05) is 0 Å². The normalized spacial score (nSPS) is 45.6. The molecule has 5 rings (SSSR count). The van der Waals surface area contributed by atoms with Crippen molar-refractivity contribution in [3.05, 3.63) is 23.3 Å². The van der Waals surface area contributed by atoms with Crippen LogP contribution in [0.1, 0.15) is 93.4 Å². The first kappa shape index (κ1) is 26.4. The summed E-state index contributed by atoms with van der Waals surface area (Å²) in [6, 6.07) is 2.15. The fourth-order valence-corrected chi connectivity index (χ4v) is 10.1. The number of fused-ring (bicyclic) bond motifs is 7. The van der Waals surface area contributed by atoms with Gasteiger partial charge >= 0.3 is 0 Å². The molecule has 0 heterocycles. The predicted octanol–water partition coefficient (Wildman–Crippen LogP) is 5.71. The Balaban J connectivity index is 1.71. The number of nitrogens with one attached hydrogen (secondary N) is 1. The summed E-state index contributed by atoms with van der Waals surface area (Å²) < 4.78 is 0. The molecule has 0 aromatic carbocycles. The van der Waals surface area contributed by atoms with Crippen molar-refractivity contribution in [2.24, 2.45) is 50.2 Å². The number of ketones is 2. The van der Waals surface area contributed by atoms with Crippen LogP contribution in [0, 0.1) is 61.6 Å². The molecule has 0 radical (unpaired) electrons. The topological polar surface area (TPSA) is 107 Å². The lowest BCUT2D eigenvalue weighted by atomic mass is 9.34. The smallest absolute Gasteiger partial charge is 0.249 e. The molecule has 3 fully saturated rings.